The van der Waals surface area contributed by atoms with Crippen molar-refractivity contribution in [3.63, 3.8) is 0 Å². The Hall–Kier alpha value is -2.80. The molecule has 0 fully saturated rings. The van der Waals surface area contributed by atoms with Crippen LogP contribution in [0.2, 0.25) is 5.02 Å². The summed E-state index contributed by atoms with van der Waals surface area (Å²) in [7, 11) is 1.56. The first-order valence-electron chi connectivity index (χ1n) is 8.61. The van der Waals surface area contributed by atoms with Crippen LogP contribution in [-0.4, -0.2) is 32.6 Å². The van der Waals surface area contributed by atoms with E-state index in [4.69, 9.17) is 11.6 Å². The molecule has 2 heterocycles. The van der Waals surface area contributed by atoms with Crippen LogP contribution in [0.4, 0.5) is 8.78 Å². The van der Waals surface area contributed by atoms with Gasteiger partial charge >= 0.3 is 0 Å². The Balaban J connectivity index is 1.93. The van der Waals surface area contributed by atoms with Crippen LogP contribution >= 0.6 is 11.6 Å². The van der Waals surface area contributed by atoms with Crippen LogP contribution in [-0.2, 0) is 0 Å². The quantitative estimate of drug-likeness (QED) is 0.636. The lowest BCUT2D eigenvalue weighted by atomic mass is 10.1. The topological polar surface area (TPSA) is 51.0 Å². The van der Waals surface area contributed by atoms with Gasteiger partial charge in [-0.15, -0.1) is 0 Å². The molecule has 28 heavy (non-hydrogen) atoms. The molecule has 146 valence electrons. The molecule has 0 saturated carbocycles. The first kappa shape index (κ1) is 19.9. The molecule has 3 rings (SSSR count). The lowest BCUT2D eigenvalue weighted by Crippen LogP contribution is -2.31. The maximum atomic E-state index is 13.5. The number of hydrogen-bond donors (Lipinski definition) is 0. The molecule has 0 bridgehead atoms. The minimum atomic E-state index is -0.965. The van der Waals surface area contributed by atoms with Gasteiger partial charge in [0, 0.05) is 12.7 Å². The van der Waals surface area contributed by atoms with Gasteiger partial charge in [0.2, 0.25) is 0 Å². The van der Waals surface area contributed by atoms with Gasteiger partial charge in [0.15, 0.2) is 17.5 Å². The highest BCUT2D eigenvalue weighted by molar-refractivity contribution is 6.33. The molecule has 0 spiro atoms. The molecule has 0 radical (unpaired) electrons. The van der Waals surface area contributed by atoms with Crippen molar-refractivity contribution in [2.45, 2.75) is 26.8 Å². The van der Waals surface area contributed by atoms with Gasteiger partial charge in [-0.1, -0.05) is 17.7 Å². The molecule has 5 nitrogen and oxygen atoms in total. The van der Waals surface area contributed by atoms with Gasteiger partial charge in [-0.05, 0) is 56.7 Å². The summed E-state index contributed by atoms with van der Waals surface area (Å²) in [5, 5.41) is 4.56. The third-order valence-corrected chi connectivity index (χ3v) is 4.89. The molecule has 2 aromatic heterocycles. The molecular formula is C20H19ClF2N4O. The molecule has 0 aliphatic rings. The van der Waals surface area contributed by atoms with Crippen LogP contribution in [0.15, 0.2) is 36.4 Å². The molecule has 0 aliphatic heterocycles. The fourth-order valence-corrected chi connectivity index (χ4v) is 3.09. The Labute approximate surface area is 166 Å². The summed E-state index contributed by atoms with van der Waals surface area (Å²) >= 11 is 6.22. The molecule has 0 N–H and O–H groups in total. The zero-order valence-corrected chi connectivity index (χ0v) is 16.6. The van der Waals surface area contributed by atoms with Crippen molar-refractivity contribution in [3.8, 4) is 5.82 Å². The van der Waals surface area contributed by atoms with E-state index in [0.717, 1.165) is 23.5 Å². The second-order valence-corrected chi connectivity index (χ2v) is 7.01. The Morgan fingerprint density at radius 3 is 2.46 bits per heavy atom. The van der Waals surface area contributed by atoms with Crippen molar-refractivity contribution in [2.75, 3.05) is 7.05 Å². The minimum Gasteiger partial charge on any atom is -0.334 e. The largest absolute Gasteiger partial charge is 0.334 e. The van der Waals surface area contributed by atoms with E-state index in [1.54, 1.807) is 30.8 Å². The number of benzene rings is 1. The van der Waals surface area contributed by atoms with E-state index >= 15 is 0 Å². The van der Waals surface area contributed by atoms with Crippen LogP contribution < -0.4 is 0 Å². The highest BCUT2D eigenvalue weighted by atomic mass is 35.5. The SMILES string of the molecule is Cc1cc(C)n(-c2ccc(Cl)c(C(=O)N(C)C(C)c3ccc(F)c(F)c3)n2)n1. The standard InChI is InChI=1S/C20H19ClF2N4O/c1-11-9-12(2)27(25-11)18-8-6-15(21)19(24-18)20(28)26(4)13(3)14-5-7-16(22)17(23)10-14/h5-10,13H,1-4H3. The summed E-state index contributed by atoms with van der Waals surface area (Å²) in [6.07, 6.45) is 0. The summed E-state index contributed by atoms with van der Waals surface area (Å²) in [6, 6.07) is 8.20. The van der Waals surface area contributed by atoms with Crippen molar-refractivity contribution in [3.05, 3.63) is 75.7 Å². The zero-order chi connectivity index (χ0) is 20.6. The number of carbonyl (C=O) groups excluding carboxylic acids is 1. The number of pyridine rings is 1. The Morgan fingerprint density at radius 1 is 1.14 bits per heavy atom. The lowest BCUT2D eigenvalue weighted by Gasteiger charge is -2.25. The average molecular weight is 405 g/mol. The number of nitrogens with zero attached hydrogens (tertiary/aromatic N) is 4. The van der Waals surface area contributed by atoms with Gasteiger partial charge in [-0.3, -0.25) is 4.79 Å². The molecule has 3 aromatic rings. The van der Waals surface area contributed by atoms with Gasteiger partial charge in [0.05, 0.1) is 16.8 Å². The Morgan fingerprint density at radius 2 is 1.86 bits per heavy atom. The summed E-state index contributed by atoms with van der Waals surface area (Å²) in [5.74, 6) is -1.88. The number of halogens is 3. The molecule has 1 atom stereocenters. The van der Waals surface area contributed by atoms with Crippen LogP contribution in [0.1, 0.15) is 40.4 Å². The van der Waals surface area contributed by atoms with E-state index in [0.29, 0.717) is 11.4 Å². The maximum Gasteiger partial charge on any atom is 0.274 e. The number of aryl methyl sites for hydroxylation is 2. The fourth-order valence-electron chi connectivity index (χ4n) is 2.90. The summed E-state index contributed by atoms with van der Waals surface area (Å²) in [4.78, 5) is 18.8. The number of amides is 1. The van der Waals surface area contributed by atoms with Crippen LogP contribution in [0.5, 0.6) is 0 Å². The molecule has 1 aromatic carbocycles. The molecular weight excluding hydrogens is 386 g/mol. The van der Waals surface area contributed by atoms with Gasteiger partial charge in [0.25, 0.3) is 5.91 Å². The van der Waals surface area contributed by atoms with Crippen LogP contribution in [0.3, 0.4) is 0 Å². The number of carbonyl (C=O) groups is 1. The third kappa shape index (κ3) is 3.75. The molecule has 0 saturated heterocycles. The smallest absolute Gasteiger partial charge is 0.274 e. The van der Waals surface area contributed by atoms with Crippen LogP contribution in [0, 0.1) is 25.5 Å². The van der Waals surface area contributed by atoms with E-state index in [9.17, 15) is 13.6 Å². The Kier molecular flexibility index (Phi) is 5.47. The predicted octanol–water partition coefficient (Wildman–Crippen LogP) is 4.65. The second kappa shape index (κ2) is 7.67. The maximum absolute atomic E-state index is 13.5. The third-order valence-electron chi connectivity index (χ3n) is 4.59. The van der Waals surface area contributed by atoms with Crippen molar-refractivity contribution in [1.29, 1.82) is 0 Å². The molecule has 0 aliphatic carbocycles. The second-order valence-electron chi connectivity index (χ2n) is 6.60. The highest BCUT2D eigenvalue weighted by Gasteiger charge is 2.24. The van der Waals surface area contributed by atoms with Crippen molar-refractivity contribution >= 4 is 17.5 Å². The minimum absolute atomic E-state index is 0.0589. The Bertz CT molecular complexity index is 1050. The molecule has 1 unspecified atom stereocenters. The van der Waals surface area contributed by atoms with Crippen LogP contribution in [0.25, 0.3) is 5.82 Å². The van der Waals surface area contributed by atoms with Crippen molar-refractivity contribution < 1.29 is 13.6 Å². The number of aromatic nitrogens is 3. The van der Waals surface area contributed by atoms with E-state index in [1.807, 2.05) is 19.9 Å². The first-order valence-corrected chi connectivity index (χ1v) is 8.99. The van der Waals surface area contributed by atoms with E-state index in [2.05, 4.69) is 10.1 Å². The van der Waals surface area contributed by atoms with Crippen molar-refractivity contribution in [1.82, 2.24) is 19.7 Å². The molecule has 8 heteroatoms. The highest BCUT2D eigenvalue weighted by Crippen LogP contribution is 2.25. The van der Waals surface area contributed by atoms with Gasteiger partial charge in [-0.25, -0.2) is 18.4 Å². The van der Waals surface area contributed by atoms with E-state index in [-0.39, 0.29) is 10.7 Å². The van der Waals surface area contributed by atoms with E-state index in [1.165, 1.54) is 11.0 Å². The zero-order valence-electron chi connectivity index (χ0n) is 15.9. The first-order chi connectivity index (χ1) is 13.2. The molecule has 1 amide bonds. The summed E-state index contributed by atoms with van der Waals surface area (Å²) in [6.45, 7) is 5.46. The summed E-state index contributed by atoms with van der Waals surface area (Å²) < 4.78 is 28.4. The van der Waals surface area contributed by atoms with Crippen molar-refractivity contribution in [2.24, 2.45) is 0 Å². The predicted molar refractivity (Wildman–Crippen MR) is 103 cm³/mol. The lowest BCUT2D eigenvalue weighted by molar-refractivity contribution is 0.0736. The van der Waals surface area contributed by atoms with Gasteiger partial charge in [-0.2, -0.15) is 5.10 Å². The fraction of sp³-hybridized carbons (Fsp3) is 0.250. The van der Waals surface area contributed by atoms with E-state index < -0.39 is 23.6 Å². The average Bonchev–Trinajstić information content (AvgIpc) is 3.00. The monoisotopic (exact) mass is 404 g/mol. The van der Waals surface area contributed by atoms with Gasteiger partial charge < -0.3 is 4.90 Å². The number of rotatable bonds is 4. The number of hydrogen-bond acceptors (Lipinski definition) is 3. The van der Waals surface area contributed by atoms with Gasteiger partial charge in [0.1, 0.15) is 5.69 Å². The summed E-state index contributed by atoms with van der Waals surface area (Å²) in [5.41, 5.74) is 2.21. The normalized spacial score (nSPS) is 12.1.